The summed E-state index contributed by atoms with van der Waals surface area (Å²) in [5.74, 6) is -0.806. The summed E-state index contributed by atoms with van der Waals surface area (Å²) in [5.41, 5.74) is 0.938. The molecule has 10 heteroatoms. The number of hydrogen-bond acceptors (Lipinski definition) is 5. The number of imidazole rings is 1. The van der Waals surface area contributed by atoms with Crippen molar-refractivity contribution in [1.82, 2.24) is 24.5 Å². The van der Waals surface area contributed by atoms with Crippen LogP contribution < -0.4 is 5.32 Å². The number of aromatic nitrogens is 5. The van der Waals surface area contributed by atoms with Crippen molar-refractivity contribution >= 4 is 23.2 Å². The van der Waals surface area contributed by atoms with Crippen LogP contribution in [-0.4, -0.2) is 30.4 Å². The fourth-order valence-electron chi connectivity index (χ4n) is 2.05. The lowest BCUT2D eigenvalue weighted by molar-refractivity contribution is 0.101. The Labute approximate surface area is 145 Å². The minimum Gasteiger partial charge on any atom is -0.332 e. The molecule has 1 N–H and O–H groups in total. The Kier molecular flexibility index (Phi) is 4.66. The molecule has 3 aromatic rings. The number of anilines is 1. The highest BCUT2D eigenvalue weighted by molar-refractivity contribution is 6.29. The van der Waals surface area contributed by atoms with Crippen LogP contribution in [0.25, 0.3) is 11.4 Å². The Balaban J connectivity index is 1.85. The van der Waals surface area contributed by atoms with E-state index < -0.39 is 12.3 Å². The third-order valence-corrected chi connectivity index (χ3v) is 3.44. The average molecular weight is 365 g/mol. The van der Waals surface area contributed by atoms with Gasteiger partial charge in [-0.2, -0.15) is 0 Å². The van der Waals surface area contributed by atoms with Gasteiger partial charge in [0.05, 0.1) is 35.8 Å². The molecule has 0 saturated carbocycles. The van der Waals surface area contributed by atoms with Crippen LogP contribution in [0.15, 0.2) is 36.9 Å². The van der Waals surface area contributed by atoms with E-state index in [1.807, 2.05) is 0 Å². The summed E-state index contributed by atoms with van der Waals surface area (Å²) in [7, 11) is 1.77. The van der Waals surface area contributed by atoms with Crippen LogP contribution in [-0.2, 0) is 7.05 Å². The molecule has 0 aromatic carbocycles. The van der Waals surface area contributed by atoms with Crippen molar-refractivity contribution in [1.29, 1.82) is 0 Å². The molecule has 0 aliphatic rings. The number of halogens is 3. The maximum atomic E-state index is 12.5. The summed E-state index contributed by atoms with van der Waals surface area (Å²) in [6.45, 7) is 0. The molecule has 1 amide bonds. The van der Waals surface area contributed by atoms with Crippen molar-refractivity contribution in [2.24, 2.45) is 7.05 Å². The van der Waals surface area contributed by atoms with Crippen molar-refractivity contribution in [2.45, 2.75) is 6.43 Å². The number of rotatable bonds is 4. The van der Waals surface area contributed by atoms with Gasteiger partial charge in [0.15, 0.2) is 0 Å². The maximum Gasteiger partial charge on any atom is 0.293 e. The summed E-state index contributed by atoms with van der Waals surface area (Å²) < 4.78 is 26.7. The van der Waals surface area contributed by atoms with Gasteiger partial charge < -0.3 is 9.88 Å². The zero-order chi connectivity index (χ0) is 18.0. The minimum absolute atomic E-state index is 0.0857. The standard InChI is InChI=1S/C15H11ClF2N6O/c1-24-7-19-6-11(24)10-4-12(16)23-14(22-10)15(25)21-8-2-3-9(13(17)18)20-5-8/h2-7,13H,1H3,(H,21,25). The van der Waals surface area contributed by atoms with Crippen LogP contribution in [0.1, 0.15) is 22.7 Å². The Bertz CT molecular complexity index is 913. The highest BCUT2D eigenvalue weighted by atomic mass is 35.5. The molecule has 0 aliphatic carbocycles. The second kappa shape index (κ2) is 6.89. The number of nitrogens with zero attached hydrogens (tertiary/aromatic N) is 5. The van der Waals surface area contributed by atoms with E-state index in [0.29, 0.717) is 11.4 Å². The average Bonchev–Trinajstić information content (AvgIpc) is 3.01. The number of amides is 1. The lowest BCUT2D eigenvalue weighted by Crippen LogP contribution is -2.16. The quantitative estimate of drug-likeness (QED) is 0.719. The summed E-state index contributed by atoms with van der Waals surface area (Å²) in [6.07, 6.45) is 1.61. The Morgan fingerprint density at radius 2 is 2.08 bits per heavy atom. The minimum atomic E-state index is -2.68. The first kappa shape index (κ1) is 16.9. The van der Waals surface area contributed by atoms with Crippen LogP contribution >= 0.6 is 11.6 Å². The predicted octanol–water partition coefficient (Wildman–Crippen LogP) is 3.12. The van der Waals surface area contributed by atoms with E-state index in [1.165, 1.54) is 12.1 Å². The molecule has 0 atom stereocenters. The second-order valence-corrected chi connectivity index (χ2v) is 5.40. The molecule has 0 spiro atoms. The smallest absolute Gasteiger partial charge is 0.293 e. The van der Waals surface area contributed by atoms with Crippen LogP contribution in [0.3, 0.4) is 0 Å². The van der Waals surface area contributed by atoms with Gasteiger partial charge in [-0.05, 0) is 12.1 Å². The number of carbonyl (C=O) groups is 1. The molecular weight excluding hydrogens is 354 g/mol. The van der Waals surface area contributed by atoms with E-state index in [-0.39, 0.29) is 22.4 Å². The zero-order valence-corrected chi connectivity index (χ0v) is 13.6. The normalized spacial score (nSPS) is 10.9. The summed E-state index contributed by atoms with van der Waals surface area (Å²) in [4.78, 5) is 27.9. The van der Waals surface area contributed by atoms with Crippen molar-refractivity contribution < 1.29 is 13.6 Å². The summed E-state index contributed by atoms with van der Waals surface area (Å²) in [5, 5.41) is 2.57. The van der Waals surface area contributed by atoms with E-state index in [2.05, 4.69) is 25.3 Å². The van der Waals surface area contributed by atoms with Gasteiger partial charge in [-0.1, -0.05) is 11.6 Å². The molecule has 0 saturated heterocycles. The van der Waals surface area contributed by atoms with Gasteiger partial charge in [0, 0.05) is 13.1 Å². The lowest BCUT2D eigenvalue weighted by Gasteiger charge is -2.07. The van der Waals surface area contributed by atoms with Crippen LogP contribution in [0, 0.1) is 0 Å². The number of hydrogen-bond donors (Lipinski definition) is 1. The topological polar surface area (TPSA) is 85.6 Å². The van der Waals surface area contributed by atoms with E-state index in [1.54, 1.807) is 24.1 Å². The number of alkyl halides is 2. The van der Waals surface area contributed by atoms with Gasteiger partial charge in [-0.15, -0.1) is 0 Å². The van der Waals surface area contributed by atoms with Gasteiger partial charge in [0.1, 0.15) is 10.8 Å². The van der Waals surface area contributed by atoms with Crippen molar-refractivity contribution in [3.8, 4) is 11.4 Å². The molecule has 0 bridgehead atoms. The first-order valence-electron chi connectivity index (χ1n) is 7.01. The van der Waals surface area contributed by atoms with Crippen molar-refractivity contribution in [2.75, 3.05) is 5.32 Å². The summed E-state index contributed by atoms with van der Waals surface area (Å²) in [6, 6.07) is 3.95. The first-order chi connectivity index (χ1) is 11.9. The molecule has 0 radical (unpaired) electrons. The Hall–Kier alpha value is -2.94. The van der Waals surface area contributed by atoms with Gasteiger partial charge in [-0.3, -0.25) is 9.78 Å². The molecule has 3 aromatic heterocycles. The molecule has 0 unspecified atom stereocenters. The highest BCUT2D eigenvalue weighted by Gasteiger charge is 2.15. The SMILES string of the molecule is Cn1cncc1-c1cc(Cl)nc(C(=O)Nc2ccc(C(F)F)nc2)n1. The maximum absolute atomic E-state index is 12.5. The third-order valence-electron chi connectivity index (χ3n) is 3.24. The van der Waals surface area contributed by atoms with Gasteiger partial charge in [-0.25, -0.2) is 23.7 Å². The number of pyridine rings is 1. The van der Waals surface area contributed by atoms with Crippen LogP contribution in [0.4, 0.5) is 14.5 Å². The fraction of sp³-hybridized carbons (Fsp3) is 0.133. The molecule has 3 rings (SSSR count). The molecular formula is C15H11ClF2N6O. The lowest BCUT2D eigenvalue weighted by atomic mass is 10.3. The molecule has 0 aliphatic heterocycles. The highest BCUT2D eigenvalue weighted by Crippen LogP contribution is 2.20. The molecule has 25 heavy (non-hydrogen) atoms. The predicted molar refractivity (Wildman–Crippen MR) is 86.4 cm³/mol. The van der Waals surface area contributed by atoms with E-state index in [4.69, 9.17) is 11.6 Å². The molecule has 0 fully saturated rings. The molecule has 128 valence electrons. The zero-order valence-electron chi connectivity index (χ0n) is 12.8. The second-order valence-electron chi connectivity index (χ2n) is 5.02. The Morgan fingerprint density at radius 1 is 1.28 bits per heavy atom. The Morgan fingerprint density at radius 3 is 2.68 bits per heavy atom. The van der Waals surface area contributed by atoms with Gasteiger partial charge in [0.25, 0.3) is 12.3 Å². The van der Waals surface area contributed by atoms with E-state index in [0.717, 1.165) is 12.3 Å². The summed E-state index contributed by atoms with van der Waals surface area (Å²) >= 11 is 5.97. The van der Waals surface area contributed by atoms with Gasteiger partial charge in [0.2, 0.25) is 5.82 Å². The largest absolute Gasteiger partial charge is 0.332 e. The number of nitrogens with one attached hydrogen (secondary N) is 1. The number of aryl methyl sites for hydroxylation is 1. The molecule has 3 heterocycles. The van der Waals surface area contributed by atoms with Gasteiger partial charge >= 0.3 is 0 Å². The van der Waals surface area contributed by atoms with Crippen LogP contribution in [0.2, 0.25) is 5.15 Å². The number of carbonyl (C=O) groups excluding carboxylic acids is 1. The van der Waals surface area contributed by atoms with Crippen LogP contribution in [0.5, 0.6) is 0 Å². The monoisotopic (exact) mass is 364 g/mol. The van der Waals surface area contributed by atoms with E-state index in [9.17, 15) is 13.6 Å². The third kappa shape index (κ3) is 3.77. The first-order valence-corrected chi connectivity index (χ1v) is 7.38. The molecule has 7 nitrogen and oxygen atoms in total. The fourth-order valence-corrected chi connectivity index (χ4v) is 2.23. The van der Waals surface area contributed by atoms with Crippen molar-refractivity contribution in [3.63, 3.8) is 0 Å². The van der Waals surface area contributed by atoms with Crippen molar-refractivity contribution in [3.05, 3.63) is 53.6 Å². The van der Waals surface area contributed by atoms with E-state index >= 15 is 0 Å².